The topological polar surface area (TPSA) is 18.5 Å². The molecule has 2 aliphatic rings. The minimum atomic E-state index is -1.27. The van der Waals surface area contributed by atoms with Crippen LogP contribution in [0.25, 0.3) is 11.1 Å². The second-order valence-corrected chi connectivity index (χ2v) is 12.2. The number of hydrogen-bond acceptors (Lipinski definition) is 2. The van der Waals surface area contributed by atoms with Crippen molar-refractivity contribution >= 4 is 0 Å². The third-order valence-electron chi connectivity index (χ3n) is 9.67. The Morgan fingerprint density at radius 1 is 0.523 bits per heavy atom. The molecule has 2 nitrogen and oxygen atoms in total. The summed E-state index contributed by atoms with van der Waals surface area (Å²) in [4.78, 5) is 0. The number of rotatable bonds is 10. The van der Waals surface area contributed by atoms with Gasteiger partial charge in [-0.3, -0.25) is 0 Å². The Kier molecular flexibility index (Phi) is 10.5. The molecule has 0 radical (unpaired) electrons. The minimum absolute atomic E-state index is 0.0357. The summed E-state index contributed by atoms with van der Waals surface area (Å²) in [6, 6.07) is 8.45. The molecule has 2 saturated carbocycles. The number of unbranched alkanes of at least 4 members (excludes halogenated alkanes) is 1. The summed E-state index contributed by atoms with van der Waals surface area (Å²) in [7, 11) is 0. The van der Waals surface area contributed by atoms with Gasteiger partial charge in [-0.1, -0.05) is 31.5 Å². The first-order chi connectivity index (χ1) is 21.2. The zero-order valence-corrected chi connectivity index (χ0v) is 25.3. The molecule has 0 saturated heterocycles. The first-order valence-corrected chi connectivity index (χ1v) is 15.9. The lowest BCUT2D eigenvalue weighted by Crippen LogP contribution is -2.25. The molecule has 44 heavy (non-hydrogen) atoms. The van der Waals surface area contributed by atoms with E-state index in [2.05, 4.69) is 0 Å². The van der Waals surface area contributed by atoms with E-state index in [1.54, 1.807) is 13.0 Å². The van der Waals surface area contributed by atoms with Crippen LogP contribution in [0.3, 0.4) is 0 Å². The van der Waals surface area contributed by atoms with Gasteiger partial charge >= 0.3 is 0 Å². The van der Waals surface area contributed by atoms with Crippen molar-refractivity contribution < 1.29 is 35.8 Å². The van der Waals surface area contributed by atoms with Crippen LogP contribution in [-0.4, -0.2) is 13.2 Å². The molecule has 0 bridgehead atoms. The van der Waals surface area contributed by atoms with E-state index in [-0.39, 0.29) is 53.2 Å². The highest BCUT2D eigenvalue weighted by atomic mass is 19.2. The van der Waals surface area contributed by atoms with Crippen molar-refractivity contribution in [3.63, 3.8) is 0 Å². The van der Waals surface area contributed by atoms with Crippen LogP contribution in [0, 0.1) is 46.7 Å². The normalized spacial score (nSPS) is 22.2. The Bertz CT molecular complexity index is 1440. The molecule has 3 aromatic rings. The molecule has 0 N–H and O–H groups in total. The van der Waals surface area contributed by atoms with Crippen LogP contribution in [0.5, 0.6) is 11.5 Å². The molecule has 3 aromatic carbocycles. The predicted octanol–water partition coefficient (Wildman–Crippen LogP) is 11.0. The standard InChI is InChI=1S/C36H40F6O2/c1-3-5-20-44-30-19-17-28(34(40)36(30)42)27-15-14-25(31(37)33(27)39)23-10-6-21(7-11-23)22-8-12-24(13-9-22)26-16-18-29(43-4-2)35(41)32(26)38/h14-19,21-24H,3-13,20H2,1-2H3. The van der Waals surface area contributed by atoms with Crippen LogP contribution in [0.15, 0.2) is 36.4 Å². The molecule has 0 spiro atoms. The van der Waals surface area contributed by atoms with Gasteiger partial charge in [0.05, 0.1) is 13.2 Å². The van der Waals surface area contributed by atoms with E-state index >= 15 is 8.78 Å². The summed E-state index contributed by atoms with van der Waals surface area (Å²) >= 11 is 0. The van der Waals surface area contributed by atoms with Crippen LogP contribution in [-0.2, 0) is 0 Å². The molecule has 2 aliphatic carbocycles. The van der Waals surface area contributed by atoms with Gasteiger partial charge < -0.3 is 9.47 Å². The first-order valence-electron chi connectivity index (χ1n) is 15.9. The smallest absolute Gasteiger partial charge is 0.201 e. The number of ether oxygens (including phenoxy) is 2. The Morgan fingerprint density at radius 2 is 0.955 bits per heavy atom. The highest BCUT2D eigenvalue weighted by molar-refractivity contribution is 5.66. The molecule has 5 rings (SSSR count). The van der Waals surface area contributed by atoms with E-state index in [9.17, 15) is 17.6 Å². The van der Waals surface area contributed by atoms with Gasteiger partial charge in [-0.25, -0.2) is 17.6 Å². The highest BCUT2D eigenvalue weighted by Gasteiger charge is 2.34. The molecule has 0 amide bonds. The molecular weight excluding hydrogens is 578 g/mol. The zero-order valence-electron chi connectivity index (χ0n) is 25.3. The maximum atomic E-state index is 15.4. The Morgan fingerprint density at radius 3 is 1.50 bits per heavy atom. The van der Waals surface area contributed by atoms with Crippen LogP contribution in [0.2, 0.25) is 0 Å². The Balaban J connectivity index is 1.19. The maximum absolute atomic E-state index is 15.4. The fourth-order valence-electron chi connectivity index (χ4n) is 7.20. The molecule has 0 unspecified atom stereocenters. The van der Waals surface area contributed by atoms with E-state index < -0.39 is 34.9 Å². The van der Waals surface area contributed by atoms with Crippen molar-refractivity contribution in [3.8, 4) is 22.6 Å². The third-order valence-corrected chi connectivity index (χ3v) is 9.67. The number of hydrogen-bond donors (Lipinski definition) is 0. The van der Waals surface area contributed by atoms with Crippen molar-refractivity contribution in [3.05, 3.63) is 82.4 Å². The van der Waals surface area contributed by atoms with E-state index in [4.69, 9.17) is 9.47 Å². The van der Waals surface area contributed by atoms with Crippen LogP contribution in [0.1, 0.15) is 101 Å². The average molecular weight is 619 g/mol. The lowest BCUT2D eigenvalue weighted by Gasteiger charge is -2.38. The lowest BCUT2D eigenvalue weighted by atomic mass is 9.67. The van der Waals surface area contributed by atoms with Crippen molar-refractivity contribution in [1.82, 2.24) is 0 Å². The van der Waals surface area contributed by atoms with Gasteiger partial charge in [0, 0.05) is 11.1 Å². The SMILES string of the molecule is CCCCOc1ccc(-c2ccc(C3CCC(C4CCC(c5ccc(OCC)c(F)c5F)CC4)CC3)c(F)c2F)c(F)c1F. The molecule has 2 fully saturated rings. The summed E-state index contributed by atoms with van der Waals surface area (Å²) in [5.74, 6) is -6.04. The molecule has 238 valence electrons. The van der Waals surface area contributed by atoms with Crippen LogP contribution in [0.4, 0.5) is 26.3 Å². The molecule has 0 heterocycles. The van der Waals surface area contributed by atoms with E-state index in [1.165, 1.54) is 30.3 Å². The van der Waals surface area contributed by atoms with Gasteiger partial charge in [-0.2, -0.15) is 8.78 Å². The minimum Gasteiger partial charge on any atom is -0.491 e. The molecule has 0 aliphatic heterocycles. The fourth-order valence-corrected chi connectivity index (χ4v) is 7.20. The van der Waals surface area contributed by atoms with Gasteiger partial charge in [-0.05, 0) is 118 Å². The van der Waals surface area contributed by atoms with Crippen molar-refractivity contribution in [2.75, 3.05) is 13.2 Å². The zero-order chi connectivity index (χ0) is 31.4. The lowest BCUT2D eigenvalue weighted by molar-refractivity contribution is 0.175. The average Bonchev–Trinajstić information content (AvgIpc) is 3.04. The van der Waals surface area contributed by atoms with Crippen LogP contribution < -0.4 is 9.47 Å². The Labute approximate surface area is 255 Å². The predicted molar refractivity (Wildman–Crippen MR) is 159 cm³/mol. The summed E-state index contributed by atoms with van der Waals surface area (Å²) in [6.45, 7) is 4.17. The second kappa shape index (κ2) is 14.3. The van der Waals surface area contributed by atoms with E-state index in [1.807, 2.05) is 6.92 Å². The Hall–Kier alpha value is -3.16. The molecule has 0 atom stereocenters. The third kappa shape index (κ3) is 6.59. The van der Waals surface area contributed by atoms with E-state index in [0.29, 0.717) is 36.7 Å². The number of halogens is 6. The first kappa shape index (κ1) is 32.2. The molecule has 8 heteroatoms. The summed E-state index contributed by atoms with van der Waals surface area (Å²) in [6.07, 6.45) is 8.03. The summed E-state index contributed by atoms with van der Waals surface area (Å²) in [5.41, 5.74) is 0.00671. The van der Waals surface area contributed by atoms with Crippen molar-refractivity contribution in [2.24, 2.45) is 11.8 Å². The maximum Gasteiger partial charge on any atom is 0.201 e. The second-order valence-electron chi connectivity index (χ2n) is 12.2. The number of benzene rings is 3. The fraction of sp³-hybridized carbons (Fsp3) is 0.500. The largest absolute Gasteiger partial charge is 0.491 e. The van der Waals surface area contributed by atoms with Gasteiger partial charge in [-0.15, -0.1) is 0 Å². The summed E-state index contributed by atoms with van der Waals surface area (Å²) < 4.78 is 99.7. The summed E-state index contributed by atoms with van der Waals surface area (Å²) in [5, 5.41) is 0. The molecule has 0 aromatic heterocycles. The van der Waals surface area contributed by atoms with Gasteiger partial charge in [0.15, 0.2) is 34.8 Å². The quantitative estimate of drug-likeness (QED) is 0.166. The van der Waals surface area contributed by atoms with Crippen molar-refractivity contribution in [1.29, 1.82) is 0 Å². The van der Waals surface area contributed by atoms with Gasteiger partial charge in [0.1, 0.15) is 0 Å². The van der Waals surface area contributed by atoms with Gasteiger partial charge in [0.25, 0.3) is 0 Å². The highest BCUT2D eigenvalue weighted by Crippen LogP contribution is 2.47. The monoisotopic (exact) mass is 618 g/mol. The molecular formula is C36H40F6O2. The van der Waals surface area contributed by atoms with E-state index in [0.717, 1.165) is 44.9 Å². The van der Waals surface area contributed by atoms with Crippen molar-refractivity contribution in [2.45, 2.75) is 89.9 Å². The van der Waals surface area contributed by atoms with Crippen LogP contribution >= 0.6 is 0 Å². The van der Waals surface area contributed by atoms with Gasteiger partial charge in [0.2, 0.25) is 11.6 Å².